The molecular formula is C14H25N3OS. The van der Waals surface area contributed by atoms with Gasteiger partial charge in [-0.25, -0.2) is 0 Å². The Labute approximate surface area is 120 Å². The van der Waals surface area contributed by atoms with Gasteiger partial charge in [0.2, 0.25) is 5.91 Å². The second-order valence-corrected chi connectivity index (χ2v) is 6.48. The van der Waals surface area contributed by atoms with Crippen molar-refractivity contribution in [3.05, 3.63) is 21.9 Å². The molecule has 1 rings (SSSR count). The van der Waals surface area contributed by atoms with Crippen LogP contribution in [0, 0.1) is 0 Å². The van der Waals surface area contributed by atoms with Gasteiger partial charge in [0.05, 0.1) is 6.04 Å². The fourth-order valence-corrected chi connectivity index (χ4v) is 2.85. The van der Waals surface area contributed by atoms with Gasteiger partial charge in [-0.1, -0.05) is 0 Å². The third kappa shape index (κ3) is 4.93. The molecule has 0 aliphatic heterocycles. The quantitative estimate of drug-likeness (QED) is 0.795. The lowest BCUT2D eigenvalue weighted by Crippen LogP contribution is -2.42. The Morgan fingerprint density at radius 2 is 1.84 bits per heavy atom. The maximum Gasteiger partial charge on any atom is 0.239 e. The summed E-state index contributed by atoms with van der Waals surface area (Å²) in [6.07, 6.45) is 0. The van der Waals surface area contributed by atoms with Gasteiger partial charge in [-0.15, -0.1) is 11.3 Å². The molecule has 0 unspecified atom stereocenters. The van der Waals surface area contributed by atoms with E-state index in [9.17, 15) is 4.79 Å². The lowest BCUT2D eigenvalue weighted by Gasteiger charge is -2.25. The van der Waals surface area contributed by atoms with Crippen molar-refractivity contribution in [2.75, 3.05) is 35.2 Å². The third-order valence-electron chi connectivity index (χ3n) is 3.07. The van der Waals surface area contributed by atoms with Crippen molar-refractivity contribution < 1.29 is 4.79 Å². The van der Waals surface area contributed by atoms with Crippen LogP contribution < -0.4 is 0 Å². The standard InChI is InChI=1S/C14H25N3OS/c1-11(14(18)16(4)5)17(6)9-13-7-12(10-19-13)8-15(2)3/h7,10-11H,8-9H2,1-6H3/t11-/m0/s1. The van der Waals surface area contributed by atoms with Crippen LogP contribution in [0.4, 0.5) is 0 Å². The first kappa shape index (κ1) is 16.1. The number of rotatable bonds is 6. The van der Waals surface area contributed by atoms with Crippen molar-refractivity contribution in [3.8, 4) is 0 Å². The molecule has 19 heavy (non-hydrogen) atoms. The van der Waals surface area contributed by atoms with Crippen molar-refractivity contribution in [1.82, 2.24) is 14.7 Å². The number of likely N-dealkylation sites (N-methyl/N-ethyl adjacent to an activating group) is 2. The summed E-state index contributed by atoms with van der Waals surface area (Å²) in [6, 6.07) is 2.14. The Hall–Kier alpha value is -0.910. The normalized spacial score (nSPS) is 13.1. The highest BCUT2D eigenvalue weighted by atomic mass is 32.1. The number of hydrogen-bond acceptors (Lipinski definition) is 4. The highest BCUT2D eigenvalue weighted by Crippen LogP contribution is 2.18. The topological polar surface area (TPSA) is 26.8 Å². The van der Waals surface area contributed by atoms with E-state index in [0.717, 1.165) is 13.1 Å². The van der Waals surface area contributed by atoms with E-state index in [0.29, 0.717) is 0 Å². The molecule has 0 spiro atoms. The SMILES string of the molecule is C[C@@H](C(=O)N(C)C)N(C)Cc1cc(CN(C)C)cs1. The molecule has 1 heterocycles. The zero-order chi connectivity index (χ0) is 14.6. The van der Waals surface area contributed by atoms with E-state index in [1.165, 1.54) is 10.4 Å². The summed E-state index contributed by atoms with van der Waals surface area (Å²) in [4.78, 5) is 19.1. The van der Waals surface area contributed by atoms with Gasteiger partial charge in [0.1, 0.15) is 0 Å². The van der Waals surface area contributed by atoms with Gasteiger partial charge in [0.15, 0.2) is 0 Å². The summed E-state index contributed by atoms with van der Waals surface area (Å²) < 4.78 is 0. The van der Waals surface area contributed by atoms with Crippen LogP contribution in [-0.4, -0.2) is 61.9 Å². The third-order valence-corrected chi connectivity index (χ3v) is 4.04. The second kappa shape index (κ2) is 7.03. The molecule has 0 N–H and O–H groups in total. The van der Waals surface area contributed by atoms with Crippen molar-refractivity contribution in [2.45, 2.75) is 26.1 Å². The average molecular weight is 283 g/mol. The number of carbonyl (C=O) groups excluding carboxylic acids is 1. The summed E-state index contributed by atoms with van der Waals surface area (Å²) in [5.74, 6) is 0.146. The molecule has 0 fully saturated rings. The fourth-order valence-electron chi connectivity index (χ4n) is 1.90. The first-order valence-electron chi connectivity index (χ1n) is 6.43. The number of hydrogen-bond donors (Lipinski definition) is 0. The molecule has 1 amide bonds. The number of nitrogens with zero attached hydrogens (tertiary/aromatic N) is 3. The van der Waals surface area contributed by atoms with Crippen LogP contribution in [0.25, 0.3) is 0 Å². The van der Waals surface area contributed by atoms with Crippen molar-refractivity contribution in [2.24, 2.45) is 0 Å². The molecule has 0 bridgehead atoms. The van der Waals surface area contributed by atoms with E-state index >= 15 is 0 Å². The van der Waals surface area contributed by atoms with Crippen LogP contribution in [0.5, 0.6) is 0 Å². The molecule has 1 atom stereocenters. The van der Waals surface area contributed by atoms with Crippen LogP contribution in [0.1, 0.15) is 17.4 Å². The summed E-state index contributed by atoms with van der Waals surface area (Å²) in [5.41, 5.74) is 1.34. The van der Waals surface area contributed by atoms with E-state index in [2.05, 4.69) is 35.3 Å². The molecule has 1 aromatic heterocycles. The zero-order valence-electron chi connectivity index (χ0n) is 12.8. The van der Waals surface area contributed by atoms with E-state index in [1.54, 1.807) is 30.3 Å². The molecule has 0 radical (unpaired) electrons. The molecule has 0 aromatic carbocycles. The molecule has 4 nitrogen and oxygen atoms in total. The average Bonchev–Trinajstić information content (AvgIpc) is 2.73. The van der Waals surface area contributed by atoms with E-state index < -0.39 is 0 Å². The minimum absolute atomic E-state index is 0.0885. The maximum atomic E-state index is 11.9. The first-order valence-corrected chi connectivity index (χ1v) is 7.31. The van der Waals surface area contributed by atoms with Crippen molar-refractivity contribution in [1.29, 1.82) is 0 Å². The molecule has 0 saturated heterocycles. The Bertz CT molecular complexity index is 415. The molecule has 0 aliphatic rings. The Morgan fingerprint density at radius 1 is 1.21 bits per heavy atom. The molecule has 0 aliphatic carbocycles. The van der Waals surface area contributed by atoms with Crippen molar-refractivity contribution in [3.63, 3.8) is 0 Å². The number of amides is 1. The smallest absolute Gasteiger partial charge is 0.239 e. The van der Waals surface area contributed by atoms with Gasteiger partial charge < -0.3 is 9.80 Å². The Morgan fingerprint density at radius 3 is 2.37 bits per heavy atom. The summed E-state index contributed by atoms with van der Waals surface area (Å²) in [5, 5.41) is 2.20. The van der Waals surface area contributed by atoms with Crippen LogP contribution in [0.2, 0.25) is 0 Å². The molecule has 108 valence electrons. The van der Waals surface area contributed by atoms with E-state index in [1.807, 2.05) is 14.0 Å². The molecular weight excluding hydrogens is 258 g/mol. The number of thiophene rings is 1. The summed E-state index contributed by atoms with van der Waals surface area (Å²) >= 11 is 1.76. The number of carbonyl (C=O) groups is 1. The van der Waals surface area contributed by atoms with Crippen LogP contribution in [0.15, 0.2) is 11.4 Å². The second-order valence-electron chi connectivity index (χ2n) is 5.48. The van der Waals surface area contributed by atoms with Gasteiger partial charge in [0.25, 0.3) is 0 Å². The van der Waals surface area contributed by atoms with Gasteiger partial charge in [-0.05, 0) is 45.1 Å². The summed E-state index contributed by atoms with van der Waals surface area (Å²) in [7, 11) is 9.74. The minimum Gasteiger partial charge on any atom is -0.347 e. The van der Waals surface area contributed by atoms with Crippen LogP contribution >= 0.6 is 11.3 Å². The maximum absolute atomic E-state index is 11.9. The summed E-state index contributed by atoms with van der Waals surface area (Å²) in [6.45, 7) is 3.74. The first-order chi connectivity index (χ1) is 8.81. The lowest BCUT2D eigenvalue weighted by molar-refractivity contribution is -0.133. The molecule has 0 saturated carbocycles. The largest absolute Gasteiger partial charge is 0.347 e. The van der Waals surface area contributed by atoms with E-state index in [-0.39, 0.29) is 11.9 Å². The molecule has 5 heteroatoms. The highest BCUT2D eigenvalue weighted by Gasteiger charge is 2.20. The lowest BCUT2D eigenvalue weighted by atomic mass is 10.2. The predicted octanol–water partition coefficient (Wildman–Crippen LogP) is 1.72. The van der Waals surface area contributed by atoms with Gasteiger partial charge in [0, 0.05) is 32.1 Å². The minimum atomic E-state index is -0.0885. The highest BCUT2D eigenvalue weighted by molar-refractivity contribution is 7.10. The van der Waals surface area contributed by atoms with Crippen LogP contribution in [0.3, 0.4) is 0 Å². The van der Waals surface area contributed by atoms with Gasteiger partial charge in [-0.2, -0.15) is 0 Å². The zero-order valence-corrected chi connectivity index (χ0v) is 13.6. The Balaban J connectivity index is 2.59. The molecule has 1 aromatic rings. The predicted molar refractivity (Wildman–Crippen MR) is 81.3 cm³/mol. The Kier molecular flexibility index (Phi) is 5.97. The van der Waals surface area contributed by atoms with Gasteiger partial charge >= 0.3 is 0 Å². The van der Waals surface area contributed by atoms with Crippen molar-refractivity contribution >= 4 is 17.2 Å². The monoisotopic (exact) mass is 283 g/mol. The fraction of sp³-hybridized carbons (Fsp3) is 0.643. The van der Waals surface area contributed by atoms with E-state index in [4.69, 9.17) is 0 Å². The van der Waals surface area contributed by atoms with Crippen LogP contribution in [-0.2, 0) is 17.9 Å². The van der Waals surface area contributed by atoms with Gasteiger partial charge in [-0.3, -0.25) is 9.69 Å².